The summed E-state index contributed by atoms with van der Waals surface area (Å²) in [6.45, 7) is 2.25. The number of rotatable bonds is 8. The van der Waals surface area contributed by atoms with Crippen molar-refractivity contribution in [3.63, 3.8) is 0 Å². The number of aromatic hydroxyl groups is 1. The Morgan fingerprint density at radius 1 is 0.941 bits per heavy atom. The molecule has 0 bridgehead atoms. The van der Waals surface area contributed by atoms with Gasteiger partial charge in [0.25, 0.3) is 0 Å². The van der Waals surface area contributed by atoms with Gasteiger partial charge in [-0.1, -0.05) is 63.3 Å². The van der Waals surface area contributed by atoms with Crippen LogP contribution in [0.4, 0.5) is 0 Å². The fraction of sp³-hybridized carbons (Fsp3) is 0.500. The highest BCUT2D eigenvalue weighted by molar-refractivity contribution is 5.50. The molecule has 1 aromatic rings. The van der Waals surface area contributed by atoms with Crippen LogP contribution in [0.25, 0.3) is 6.08 Å². The Hall–Kier alpha value is -1.24. The van der Waals surface area contributed by atoms with E-state index >= 15 is 0 Å². The monoisotopic (exact) mass is 232 g/mol. The molecule has 0 saturated heterocycles. The molecule has 0 spiro atoms. The Kier molecular flexibility index (Phi) is 7.20. The molecule has 1 heteroatoms. The van der Waals surface area contributed by atoms with Gasteiger partial charge in [0.1, 0.15) is 5.75 Å². The molecular formula is C16H24O. The minimum atomic E-state index is 0.332. The first-order chi connectivity index (χ1) is 8.33. The van der Waals surface area contributed by atoms with Crippen LogP contribution in [0.1, 0.15) is 57.4 Å². The van der Waals surface area contributed by atoms with Gasteiger partial charge in [0.2, 0.25) is 0 Å². The number of allylic oxidation sites excluding steroid dienone is 1. The zero-order chi connectivity index (χ0) is 12.3. The molecule has 0 heterocycles. The van der Waals surface area contributed by atoms with Crippen molar-refractivity contribution in [1.29, 1.82) is 0 Å². The lowest BCUT2D eigenvalue weighted by Crippen LogP contribution is -1.77. The van der Waals surface area contributed by atoms with Gasteiger partial charge >= 0.3 is 0 Å². The van der Waals surface area contributed by atoms with E-state index in [-0.39, 0.29) is 0 Å². The molecular weight excluding hydrogens is 208 g/mol. The van der Waals surface area contributed by atoms with Gasteiger partial charge in [0.05, 0.1) is 0 Å². The first kappa shape index (κ1) is 13.8. The molecule has 0 unspecified atom stereocenters. The molecule has 0 saturated carbocycles. The molecule has 1 rings (SSSR count). The molecule has 0 aliphatic carbocycles. The lowest BCUT2D eigenvalue weighted by molar-refractivity contribution is 0.475. The molecule has 0 atom stereocenters. The van der Waals surface area contributed by atoms with E-state index in [0.717, 1.165) is 12.0 Å². The lowest BCUT2D eigenvalue weighted by Gasteiger charge is -1.98. The fourth-order valence-corrected chi connectivity index (χ4v) is 1.85. The normalized spacial score (nSPS) is 11.1. The summed E-state index contributed by atoms with van der Waals surface area (Å²) in [7, 11) is 0. The third-order valence-electron chi connectivity index (χ3n) is 2.93. The summed E-state index contributed by atoms with van der Waals surface area (Å²) in [6.07, 6.45) is 13.6. The van der Waals surface area contributed by atoms with Gasteiger partial charge in [-0.25, -0.2) is 0 Å². The molecule has 0 aliphatic rings. The van der Waals surface area contributed by atoms with Crippen LogP contribution in [-0.2, 0) is 0 Å². The predicted octanol–water partition coefficient (Wildman–Crippen LogP) is 5.16. The summed E-state index contributed by atoms with van der Waals surface area (Å²) < 4.78 is 0. The SMILES string of the molecule is CCCCCCCCC=Cc1ccc(O)cc1. The smallest absolute Gasteiger partial charge is 0.115 e. The second-order valence-corrected chi connectivity index (χ2v) is 4.55. The third kappa shape index (κ3) is 6.83. The Labute approximate surface area is 105 Å². The lowest BCUT2D eigenvalue weighted by atomic mass is 10.1. The van der Waals surface area contributed by atoms with Crippen molar-refractivity contribution in [3.05, 3.63) is 35.9 Å². The Morgan fingerprint density at radius 3 is 2.29 bits per heavy atom. The van der Waals surface area contributed by atoms with Gasteiger partial charge in [-0.05, 0) is 30.5 Å². The highest BCUT2D eigenvalue weighted by Crippen LogP contribution is 2.12. The van der Waals surface area contributed by atoms with Crippen LogP contribution in [0, 0.1) is 0 Å². The van der Waals surface area contributed by atoms with Crippen LogP contribution in [-0.4, -0.2) is 5.11 Å². The third-order valence-corrected chi connectivity index (χ3v) is 2.93. The largest absolute Gasteiger partial charge is 0.508 e. The maximum absolute atomic E-state index is 9.14. The maximum atomic E-state index is 9.14. The van der Waals surface area contributed by atoms with E-state index in [1.807, 2.05) is 12.1 Å². The molecule has 94 valence electrons. The average molecular weight is 232 g/mol. The molecule has 0 amide bonds. The summed E-state index contributed by atoms with van der Waals surface area (Å²) in [5.74, 6) is 0.332. The van der Waals surface area contributed by atoms with E-state index in [4.69, 9.17) is 5.11 Å². The molecule has 1 aromatic carbocycles. The second kappa shape index (κ2) is 8.86. The van der Waals surface area contributed by atoms with Crippen molar-refractivity contribution < 1.29 is 5.11 Å². The van der Waals surface area contributed by atoms with Crippen molar-refractivity contribution in [3.8, 4) is 5.75 Å². The maximum Gasteiger partial charge on any atom is 0.115 e. The first-order valence-electron chi connectivity index (χ1n) is 6.78. The molecule has 17 heavy (non-hydrogen) atoms. The number of phenolic OH excluding ortho intramolecular Hbond substituents is 1. The van der Waals surface area contributed by atoms with Gasteiger partial charge in [-0.3, -0.25) is 0 Å². The standard InChI is InChI=1S/C16H24O/c1-2-3-4-5-6-7-8-9-10-15-11-13-16(17)14-12-15/h9-14,17H,2-8H2,1H3. The van der Waals surface area contributed by atoms with E-state index in [2.05, 4.69) is 19.1 Å². The Bertz CT molecular complexity index is 311. The summed E-state index contributed by atoms with van der Waals surface area (Å²) in [5, 5.41) is 9.14. The summed E-state index contributed by atoms with van der Waals surface area (Å²) in [5.41, 5.74) is 1.16. The molecule has 0 aliphatic heterocycles. The van der Waals surface area contributed by atoms with E-state index in [1.165, 1.54) is 38.5 Å². The van der Waals surface area contributed by atoms with Gasteiger partial charge in [0.15, 0.2) is 0 Å². The molecule has 1 N–H and O–H groups in total. The van der Waals surface area contributed by atoms with E-state index in [9.17, 15) is 0 Å². The van der Waals surface area contributed by atoms with E-state index in [0.29, 0.717) is 5.75 Å². The first-order valence-corrected chi connectivity index (χ1v) is 6.78. The van der Waals surface area contributed by atoms with E-state index < -0.39 is 0 Å². The van der Waals surface area contributed by atoms with Crippen LogP contribution in [0.15, 0.2) is 30.3 Å². The van der Waals surface area contributed by atoms with Crippen molar-refractivity contribution >= 4 is 6.08 Å². The van der Waals surface area contributed by atoms with Gasteiger partial charge in [-0.2, -0.15) is 0 Å². The topological polar surface area (TPSA) is 20.2 Å². The molecule has 0 fully saturated rings. The van der Waals surface area contributed by atoms with Crippen LogP contribution in [0.2, 0.25) is 0 Å². The highest BCUT2D eigenvalue weighted by Gasteiger charge is 1.89. The molecule has 0 radical (unpaired) electrons. The predicted molar refractivity (Wildman–Crippen MR) is 75.1 cm³/mol. The van der Waals surface area contributed by atoms with Gasteiger partial charge < -0.3 is 5.11 Å². The van der Waals surface area contributed by atoms with Crippen molar-refractivity contribution in [1.82, 2.24) is 0 Å². The van der Waals surface area contributed by atoms with Gasteiger partial charge in [-0.15, -0.1) is 0 Å². The number of phenols is 1. The van der Waals surface area contributed by atoms with Crippen molar-refractivity contribution in [2.45, 2.75) is 51.9 Å². The number of benzene rings is 1. The van der Waals surface area contributed by atoms with Crippen LogP contribution < -0.4 is 0 Å². The quantitative estimate of drug-likeness (QED) is 0.614. The summed E-state index contributed by atoms with van der Waals surface area (Å²) in [4.78, 5) is 0. The molecule has 1 nitrogen and oxygen atoms in total. The number of hydrogen-bond acceptors (Lipinski definition) is 1. The average Bonchev–Trinajstić information content (AvgIpc) is 2.35. The second-order valence-electron chi connectivity index (χ2n) is 4.55. The van der Waals surface area contributed by atoms with Gasteiger partial charge in [0, 0.05) is 0 Å². The zero-order valence-electron chi connectivity index (χ0n) is 10.9. The summed E-state index contributed by atoms with van der Waals surface area (Å²) in [6, 6.07) is 7.33. The molecule has 0 aromatic heterocycles. The van der Waals surface area contributed by atoms with Crippen molar-refractivity contribution in [2.75, 3.05) is 0 Å². The Balaban J connectivity index is 2.08. The van der Waals surface area contributed by atoms with Crippen molar-refractivity contribution in [2.24, 2.45) is 0 Å². The number of unbranched alkanes of at least 4 members (excludes halogenated alkanes) is 6. The zero-order valence-corrected chi connectivity index (χ0v) is 10.9. The van der Waals surface area contributed by atoms with Crippen LogP contribution >= 0.6 is 0 Å². The fourth-order valence-electron chi connectivity index (χ4n) is 1.85. The van der Waals surface area contributed by atoms with Crippen LogP contribution in [0.3, 0.4) is 0 Å². The minimum Gasteiger partial charge on any atom is -0.508 e. The minimum absolute atomic E-state index is 0.332. The van der Waals surface area contributed by atoms with Crippen LogP contribution in [0.5, 0.6) is 5.75 Å². The summed E-state index contributed by atoms with van der Waals surface area (Å²) >= 11 is 0. The highest BCUT2D eigenvalue weighted by atomic mass is 16.3. The van der Waals surface area contributed by atoms with E-state index in [1.54, 1.807) is 12.1 Å². The Morgan fingerprint density at radius 2 is 1.59 bits per heavy atom. The number of hydrogen-bond donors (Lipinski definition) is 1.